The van der Waals surface area contributed by atoms with E-state index in [1.54, 1.807) is 19.1 Å². The van der Waals surface area contributed by atoms with E-state index in [1.807, 2.05) is 32.0 Å². The molecule has 0 aliphatic rings. The molecule has 0 saturated heterocycles. The van der Waals surface area contributed by atoms with Crippen molar-refractivity contribution < 1.29 is 8.42 Å². The molecule has 4 nitrogen and oxygen atoms in total. The molecule has 1 rings (SSSR count). The molecule has 1 aromatic rings. The minimum Gasteiger partial charge on any atom is -0.282 e. The third kappa shape index (κ3) is 3.23. The van der Waals surface area contributed by atoms with Crippen LogP contribution in [-0.2, 0) is 10.0 Å². The standard InChI is InChI=1S/C13H18N2O2S/c1-4-11(9-14)18(16,17)15-13-8-6-5-7-12(13)10(2)3/h5-8,10-11,15H,4H2,1-3H3. The molecule has 18 heavy (non-hydrogen) atoms. The van der Waals surface area contributed by atoms with E-state index in [0.29, 0.717) is 5.69 Å². The third-order valence-corrected chi connectivity index (χ3v) is 4.42. The van der Waals surface area contributed by atoms with E-state index < -0.39 is 15.3 Å². The molecule has 1 atom stereocenters. The van der Waals surface area contributed by atoms with Crippen LogP contribution in [0.5, 0.6) is 0 Å². The maximum absolute atomic E-state index is 12.0. The van der Waals surface area contributed by atoms with Gasteiger partial charge in [0.25, 0.3) is 0 Å². The smallest absolute Gasteiger partial charge is 0.249 e. The van der Waals surface area contributed by atoms with Crippen molar-refractivity contribution >= 4 is 15.7 Å². The summed E-state index contributed by atoms with van der Waals surface area (Å²) in [7, 11) is -3.64. The summed E-state index contributed by atoms with van der Waals surface area (Å²) in [4.78, 5) is 0. The van der Waals surface area contributed by atoms with Gasteiger partial charge >= 0.3 is 0 Å². The highest BCUT2D eigenvalue weighted by Crippen LogP contribution is 2.25. The second kappa shape index (κ2) is 5.87. The van der Waals surface area contributed by atoms with Crippen molar-refractivity contribution in [1.82, 2.24) is 0 Å². The summed E-state index contributed by atoms with van der Waals surface area (Å²) in [6.07, 6.45) is 0.273. The van der Waals surface area contributed by atoms with E-state index in [9.17, 15) is 8.42 Å². The first-order valence-electron chi connectivity index (χ1n) is 5.92. The summed E-state index contributed by atoms with van der Waals surface area (Å²) in [5.41, 5.74) is 1.48. The SMILES string of the molecule is CCC(C#N)S(=O)(=O)Nc1ccccc1C(C)C. The fraction of sp³-hybridized carbons (Fsp3) is 0.462. The van der Waals surface area contributed by atoms with Gasteiger partial charge in [0.2, 0.25) is 10.0 Å². The molecule has 1 aromatic carbocycles. The number of hydrogen-bond acceptors (Lipinski definition) is 3. The molecule has 0 amide bonds. The Morgan fingerprint density at radius 3 is 2.44 bits per heavy atom. The summed E-state index contributed by atoms with van der Waals surface area (Å²) in [6.45, 7) is 5.67. The average Bonchev–Trinajstić information content (AvgIpc) is 2.29. The first-order valence-corrected chi connectivity index (χ1v) is 7.47. The summed E-state index contributed by atoms with van der Waals surface area (Å²) in [5, 5.41) is 7.83. The average molecular weight is 266 g/mol. The van der Waals surface area contributed by atoms with Gasteiger partial charge in [-0.1, -0.05) is 39.0 Å². The van der Waals surface area contributed by atoms with Gasteiger partial charge in [0, 0.05) is 0 Å². The van der Waals surface area contributed by atoms with Crippen LogP contribution in [0, 0.1) is 11.3 Å². The highest BCUT2D eigenvalue weighted by molar-refractivity contribution is 7.93. The summed E-state index contributed by atoms with van der Waals surface area (Å²) >= 11 is 0. The van der Waals surface area contributed by atoms with Gasteiger partial charge in [-0.3, -0.25) is 4.72 Å². The predicted octanol–water partition coefficient (Wildman–Crippen LogP) is 2.85. The fourth-order valence-corrected chi connectivity index (χ4v) is 2.91. The second-order valence-electron chi connectivity index (χ2n) is 4.42. The van der Waals surface area contributed by atoms with Gasteiger partial charge in [0.1, 0.15) is 0 Å². The van der Waals surface area contributed by atoms with E-state index in [1.165, 1.54) is 0 Å². The van der Waals surface area contributed by atoms with E-state index in [2.05, 4.69) is 4.72 Å². The molecule has 1 unspecified atom stereocenters. The maximum atomic E-state index is 12.0. The number of para-hydroxylation sites is 1. The summed E-state index contributed by atoms with van der Waals surface area (Å²) in [5.74, 6) is 0.214. The monoisotopic (exact) mass is 266 g/mol. The molecular weight excluding hydrogens is 248 g/mol. The van der Waals surface area contributed by atoms with Crippen LogP contribution in [0.1, 0.15) is 38.7 Å². The summed E-state index contributed by atoms with van der Waals surface area (Å²) in [6, 6.07) is 9.06. The van der Waals surface area contributed by atoms with E-state index in [0.717, 1.165) is 5.56 Å². The van der Waals surface area contributed by atoms with Crippen molar-refractivity contribution in [2.24, 2.45) is 0 Å². The first-order chi connectivity index (χ1) is 8.42. The van der Waals surface area contributed by atoms with Crippen molar-refractivity contribution in [3.63, 3.8) is 0 Å². The third-order valence-electron chi connectivity index (χ3n) is 2.72. The molecule has 0 spiro atoms. The zero-order valence-corrected chi connectivity index (χ0v) is 11.7. The van der Waals surface area contributed by atoms with Crippen molar-refractivity contribution in [3.8, 4) is 6.07 Å². The van der Waals surface area contributed by atoms with Crippen molar-refractivity contribution in [1.29, 1.82) is 5.26 Å². The van der Waals surface area contributed by atoms with Crippen LogP contribution in [0.25, 0.3) is 0 Å². The molecule has 0 aliphatic heterocycles. The normalized spacial score (nSPS) is 13.1. The van der Waals surface area contributed by atoms with Crippen LogP contribution >= 0.6 is 0 Å². The van der Waals surface area contributed by atoms with Crippen LogP contribution in [0.3, 0.4) is 0 Å². The number of anilines is 1. The minimum absolute atomic E-state index is 0.214. The molecule has 0 fully saturated rings. The number of hydrogen-bond donors (Lipinski definition) is 1. The molecule has 1 N–H and O–H groups in total. The van der Waals surface area contributed by atoms with Crippen LogP contribution in [-0.4, -0.2) is 13.7 Å². The molecule has 5 heteroatoms. The van der Waals surface area contributed by atoms with Gasteiger partial charge in [-0.15, -0.1) is 0 Å². The number of nitrogens with zero attached hydrogens (tertiary/aromatic N) is 1. The lowest BCUT2D eigenvalue weighted by Gasteiger charge is -2.16. The highest BCUT2D eigenvalue weighted by atomic mass is 32.2. The lowest BCUT2D eigenvalue weighted by Crippen LogP contribution is -2.26. The molecule has 0 aromatic heterocycles. The molecule has 0 radical (unpaired) electrons. The Kier molecular flexibility index (Phi) is 4.74. The van der Waals surface area contributed by atoms with Gasteiger partial charge in [-0.2, -0.15) is 5.26 Å². The van der Waals surface area contributed by atoms with Crippen LogP contribution in [0.2, 0.25) is 0 Å². The number of nitrogens with one attached hydrogen (secondary N) is 1. The van der Waals surface area contributed by atoms with Crippen molar-refractivity contribution in [2.75, 3.05) is 4.72 Å². The Morgan fingerprint density at radius 2 is 1.94 bits per heavy atom. The zero-order valence-electron chi connectivity index (χ0n) is 10.8. The Hall–Kier alpha value is -1.54. The minimum atomic E-state index is -3.64. The molecular formula is C13H18N2O2S. The predicted molar refractivity (Wildman–Crippen MR) is 72.8 cm³/mol. The lowest BCUT2D eigenvalue weighted by atomic mass is 10.0. The molecule has 0 aliphatic carbocycles. The topological polar surface area (TPSA) is 70.0 Å². The quantitative estimate of drug-likeness (QED) is 0.890. The van der Waals surface area contributed by atoms with Gasteiger partial charge in [-0.05, 0) is 24.0 Å². The number of nitriles is 1. The Bertz CT molecular complexity index is 544. The van der Waals surface area contributed by atoms with E-state index >= 15 is 0 Å². The second-order valence-corrected chi connectivity index (χ2v) is 6.28. The molecule has 0 saturated carbocycles. The van der Waals surface area contributed by atoms with Gasteiger partial charge < -0.3 is 0 Å². The molecule has 0 heterocycles. The van der Waals surface area contributed by atoms with E-state index in [4.69, 9.17) is 5.26 Å². The van der Waals surface area contributed by atoms with Gasteiger partial charge in [0.05, 0.1) is 11.8 Å². The van der Waals surface area contributed by atoms with Gasteiger partial charge in [0.15, 0.2) is 5.25 Å². The zero-order chi connectivity index (χ0) is 13.8. The Labute approximate surface area is 109 Å². The maximum Gasteiger partial charge on any atom is 0.249 e. The first kappa shape index (κ1) is 14.5. The highest BCUT2D eigenvalue weighted by Gasteiger charge is 2.24. The fourth-order valence-electron chi connectivity index (χ4n) is 1.70. The lowest BCUT2D eigenvalue weighted by molar-refractivity contribution is 0.592. The van der Waals surface area contributed by atoms with E-state index in [-0.39, 0.29) is 12.3 Å². The Balaban J connectivity index is 3.09. The van der Waals surface area contributed by atoms with Crippen LogP contribution in [0.15, 0.2) is 24.3 Å². The Morgan fingerprint density at radius 1 is 1.33 bits per heavy atom. The van der Waals surface area contributed by atoms with Crippen LogP contribution < -0.4 is 4.72 Å². The molecule has 0 bridgehead atoms. The van der Waals surface area contributed by atoms with Gasteiger partial charge in [-0.25, -0.2) is 8.42 Å². The number of sulfonamides is 1. The van der Waals surface area contributed by atoms with Crippen LogP contribution in [0.4, 0.5) is 5.69 Å². The number of benzene rings is 1. The van der Waals surface area contributed by atoms with Crippen molar-refractivity contribution in [2.45, 2.75) is 38.4 Å². The number of rotatable bonds is 5. The molecule has 98 valence electrons. The summed E-state index contributed by atoms with van der Waals surface area (Å²) < 4.78 is 26.5. The van der Waals surface area contributed by atoms with Crippen molar-refractivity contribution in [3.05, 3.63) is 29.8 Å². The largest absolute Gasteiger partial charge is 0.282 e.